The molecule has 1 amide bonds. The van der Waals surface area contributed by atoms with Crippen molar-refractivity contribution in [1.29, 1.82) is 0 Å². The Kier molecular flexibility index (Phi) is 4.59. The van der Waals surface area contributed by atoms with Gasteiger partial charge in [0.05, 0.1) is 0 Å². The third-order valence-electron chi connectivity index (χ3n) is 5.19. The standard InChI is InChI=1S/C22H23N3O/c23-22(26)18-6-7-21-20(14-18)19(15-24-21)10-13-25-11-8-17(9-12-25)16-4-2-1-3-5-16/h1-8,14-15,24H,9-13H2,(H2,23,26). The lowest BCUT2D eigenvalue weighted by Gasteiger charge is -2.26. The van der Waals surface area contributed by atoms with Gasteiger partial charge in [0.2, 0.25) is 5.91 Å². The zero-order valence-electron chi connectivity index (χ0n) is 14.7. The number of H-pyrrole nitrogens is 1. The Morgan fingerprint density at radius 2 is 2.00 bits per heavy atom. The molecule has 132 valence electrons. The first-order chi connectivity index (χ1) is 12.7. The third-order valence-corrected chi connectivity index (χ3v) is 5.19. The third kappa shape index (κ3) is 3.41. The highest BCUT2D eigenvalue weighted by molar-refractivity contribution is 5.97. The lowest BCUT2D eigenvalue weighted by atomic mass is 9.99. The molecule has 0 saturated carbocycles. The minimum Gasteiger partial charge on any atom is -0.366 e. The number of carbonyl (C=O) groups excluding carboxylic acids is 1. The first kappa shape index (κ1) is 16.6. The van der Waals surface area contributed by atoms with Crippen molar-refractivity contribution in [2.45, 2.75) is 12.8 Å². The SMILES string of the molecule is NC(=O)c1ccc2[nH]cc(CCN3CC=C(c4ccccc4)CC3)c2c1. The van der Waals surface area contributed by atoms with Gasteiger partial charge in [-0.15, -0.1) is 0 Å². The molecular formula is C22H23N3O. The van der Waals surface area contributed by atoms with E-state index in [0.29, 0.717) is 5.56 Å². The van der Waals surface area contributed by atoms with Crippen molar-refractivity contribution in [2.24, 2.45) is 5.73 Å². The molecule has 1 aliphatic heterocycles. The Labute approximate surface area is 153 Å². The summed E-state index contributed by atoms with van der Waals surface area (Å²) in [7, 11) is 0. The Hall–Kier alpha value is -2.85. The second kappa shape index (κ2) is 7.18. The van der Waals surface area contributed by atoms with Crippen molar-refractivity contribution in [2.75, 3.05) is 19.6 Å². The summed E-state index contributed by atoms with van der Waals surface area (Å²) < 4.78 is 0. The van der Waals surface area contributed by atoms with Crippen molar-refractivity contribution in [3.63, 3.8) is 0 Å². The van der Waals surface area contributed by atoms with Gasteiger partial charge in [-0.25, -0.2) is 0 Å². The Bertz CT molecular complexity index is 956. The van der Waals surface area contributed by atoms with Crippen LogP contribution >= 0.6 is 0 Å². The van der Waals surface area contributed by atoms with Crippen LogP contribution in [0, 0.1) is 0 Å². The number of primary amides is 1. The zero-order valence-corrected chi connectivity index (χ0v) is 14.7. The van der Waals surface area contributed by atoms with E-state index in [0.717, 1.165) is 43.4 Å². The minimum absolute atomic E-state index is 0.381. The predicted molar refractivity (Wildman–Crippen MR) is 106 cm³/mol. The van der Waals surface area contributed by atoms with Gasteiger partial charge in [0.25, 0.3) is 0 Å². The number of nitrogens with two attached hydrogens (primary N) is 1. The average Bonchev–Trinajstić information content (AvgIpc) is 3.10. The van der Waals surface area contributed by atoms with Crippen LogP contribution in [0.5, 0.6) is 0 Å². The second-order valence-corrected chi connectivity index (χ2v) is 6.83. The van der Waals surface area contributed by atoms with Crippen molar-refractivity contribution >= 4 is 22.4 Å². The lowest BCUT2D eigenvalue weighted by molar-refractivity contribution is 0.100. The number of aromatic nitrogens is 1. The monoisotopic (exact) mass is 345 g/mol. The normalized spacial score (nSPS) is 15.2. The molecule has 2 aromatic carbocycles. The molecule has 4 nitrogen and oxygen atoms in total. The summed E-state index contributed by atoms with van der Waals surface area (Å²) in [5.74, 6) is -0.381. The van der Waals surface area contributed by atoms with Crippen LogP contribution in [-0.4, -0.2) is 35.4 Å². The summed E-state index contributed by atoms with van der Waals surface area (Å²) >= 11 is 0. The van der Waals surface area contributed by atoms with Crippen LogP contribution in [0.15, 0.2) is 60.8 Å². The number of hydrogen-bond acceptors (Lipinski definition) is 2. The van der Waals surface area contributed by atoms with Gasteiger partial charge in [-0.05, 0) is 47.7 Å². The van der Waals surface area contributed by atoms with Crippen molar-refractivity contribution < 1.29 is 4.79 Å². The predicted octanol–water partition coefficient (Wildman–Crippen LogP) is 3.60. The van der Waals surface area contributed by atoms with E-state index >= 15 is 0 Å². The molecule has 0 atom stereocenters. The molecule has 0 aliphatic carbocycles. The van der Waals surface area contributed by atoms with E-state index in [2.05, 4.69) is 46.3 Å². The molecule has 2 heterocycles. The molecule has 0 spiro atoms. The number of nitrogens with one attached hydrogen (secondary N) is 1. The fourth-order valence-corrected chi connectivity index (χ4v) is 3.65. The number of nitrogens with zero attached hydrogens (tertiary/aromatic N) is 1. The topological polar surface area (TPSA) is 62.1 Å². The van der Waals surface area contributed by atoms with Gasteiger partial charge in [0.15, 0.2) is 0 Å². The number of fused-ring (bicyclic) bond motifs is 1. The first-order valence-corrected chi connectivity index (χ1v) is 9.07. The number of amides is 1. The van der Waals surface area contributed by atoms with E-state index in [1.165, 1.54) is 16.7 Å². The van der Waals surface area contributed by atoms with E-state index in [4.69, 9.17) is 5.73 Å². The molecule has 3 aromatic rings. The molecule has 0 saturated heterocycles. The minimum atomic E-state index is -0.381. The van der Waals surface area contributed by atoms with Crippen molar-refractivity contribution in [1.82, 2.24) is 9.88 Å². The molecule has 4 heteroatoms. The summed E-state index contributed by atoms with van der Waals surface area (Å²) in [5.41, 5.74) is 11.0. The number of benzene rings is 2. The highest BCUT2D eigenvalue weighted by Gasteiger charge is 2.14. The summed E-state index contributed by atoms with van der Waals surface area (Å²) in [4.78, 5) is 17.2. The van der Waals surface area contributed by atoms with Crippen LogP contribution in [0.4, 0.5) is 0 Å². The van der Waals surface area contributed by atoms with Crippen LogP contribution in [0.2, 0.25) is 0 Å². The van der Waals surface area contributed by atoms with Gasteiger partial charge in [-0.2, -0.15) is 0 Å². The molecule has 0 bridgehead atoms. The van der Waals surface area contributed by atoms with Gasteiger partial charge >= 0.3 is 0 Å². The summed E-state index contributed by atoms with van der Waals surface area (Å²) in [5, 5.41) is 1.10. The average molecular weight is 345 g/mol. The summed E-state index contributed by atoms with van der Waals surface area (Å²) in [6.07, 6.45) is 6.43. The van der Waals surface area contributed by atoms with Gasteiger partial charge in [-0.1, -0.05) is 36.4 Å². The van der Waals surface area contributed by atoms with Crippen molar-refractivity contribution in [3.8, 4) is 0 Å². The van der Waals surface area contributed by atoms with Crippen LogP contribution < -0.4 is 5.73 Å². The lowest BCUT2D eigenvalue weighted by Crippen LogP contribution is -2.30. The van der Waals surface area contributed by atoms with Gasteiger partial charge in [0.1, 0.15) is 0 Å². The largest absolute Gasteiger partial charge is 0.366 e. The number of aromatic amines is 1. The quantitative estimate of drug-likeness (QED) is 0.742. The van der Waals surface area contributed by atoms with E-state index in [1.807, 2.05) is 18.3 Å². The van der Waals surface area contributed by atoms with E-state index in [9.17, 15) is 4.79 Å². The molecule has 0 radical (unpaired) electrons. The fraction of sp³-hybridized carbons (Fsp3) is 0.227. The highest BCUT2D eigenvalue weighted by atomic mass is 16.1. The van der Waals surface area contributed by atoms with Crippen LogP contribution in [0.1, 0.15) is 27.9 Å². The first-order valence-electron chi connectivity index (χ1n) is 9.07. The molecule has 3 N–H and O–H groups in total. The number of rotatable bonds is 5. The van der Waals surface area contributed by atoms with Crippen LogP contribution in [-0.2, 0) is 6.42 Å². The van der Waals surface area contributed by atoms with Crippen LogP contribution in [0.3, 0.4) is 0 Å². The smallest absolute Gasteiger partial charge is 0.248 e. The molecule has 26 heavy (non-hydrogen) atoms. The van der Waals surface area contributed by atoms with Gasteiger partial charge in [-0.3, -0.25) is 9.69 Å². The Balaban J connectivity index is 1.42. The summed E-state index contributed by atoms with van der Waals surface area (Å²) in [6.45, 7) is 3.07. The molecule has 1 aromatic heterocycles. The maximum Gasteiger partial charge on any atom is 0.248 e. The maximum absolute atomic E-state index is 11.4. The highest BCUT2D eigenvalue weighted by Crippen LogP contribution is 2.24. The van der Waals surface area contributed by atoms with E-state index < -0.39 is 0 Å². The molecule has 4 rings (SSSR count). The molecule has 0 fully saturated rings. The number of carbonyl (C=O) groups is 1. The molecule has 1 aliphatic rings. The molecule has 0 unspecified atom stereocenters. The van der Waals surface area contributed by atoms with Gasteiger partial charge in [0, 0.05) is 42.3 Å². The fourth-order valence-electron chi connectivity index (χ4n) is 3.65. The Morgan fingerprint density at radius 1 is 1.15 bits per heavy atom. The Morgan fingerprint density at radius 3 is 2.73 bits per heavy atom. The van der Waals surface area contributed by atoms with E-state index in [-0.39, 0.29) is 5.91 Å². The van der Waals surface area contributed by atoms with Crippen LogP contribution in [0.25, 0.3) is 16.5 Å². The zero-order chi connectivity index (χ0) is 17.9. The number of hydrogen-bond donors (Lipinski definition) is 2. The second-order valence-electron chi connectivity index (χ2n) is 6.83. The van der Waals surface area contributed by atoms with Gasteiger partial charge < -0.3 is 10.7 Å². The summed E-state index contributed by atoms with van der Waals surface area (Å²) in [6, 6.07) is 16.2. The van der Waals surface area contributed by atoms with E-state index in [1.54, 1.807) is 6.07 Å². The maximum atomic E-state index is 11.4. The molecular weight excluding hydrogens is 322 g/mol. The van der Waals surface area contributed by atoms with Crippen molar-refractivity contribution in [3.05, 3.63) is 77.5 Å².